The van der Waals surface area contributed by atoms with E-state index in [-0.39, 0.29) is 0 Å². The van der Waals surface area contributed by atoms with Gasteiger partial charge in [0.05, 0.1) is 6.10 Å². The maximum atomic E-state index is 9.39. The molecule has 0 amide bonds. The fraction of sp³-hybridized carbons (Fsp3) is 0.214. The molecule has 17 heavy (non-hydrogen) atoms. The van der Waals surface area contributed by atoms with E-state index in [1.165, 1.54) is 10.5 Å². The Morgan fingerprint density at radius 3 is 2.35 bits per heavy atom. The molecule has 2 rings (SSSR count). The Morgan fingerprint density at radius 2 is 1.82 bits per heavy atom. The standard InChI is InChI=1S/C14H15NOS/c1-10-3-6-13(7-4-10)17-14-8-5-12(9-15-14)11(2)16/h3-9,11,16H,1-2H3/t11-/m1/s1. The number of aliphatic hydroxyl groups excluding tert-OH is 1. The van der Waals surface area contributed by atoms with Gasteiger partial charge in [0.15, 0.2) is 0 Å². The van der Waals surface area contributed by atoms with Crippen LogP contribution in [-0.2, 0) is 0 Å². The number of nitrogens with zero attached hydrogens (tertiary/aromatic N) is 1. The molecule has 1 atom stereocenters. The van der Waals surface area contributed by atoms with Crippen molar-refractivity contribution in [2.75, 3.05) is 0 Å². The van der Waals surface area contributed by atoms with Crippen molar-refractivity contribution < 1.29 is 5.11 Å². The highest BCUT2D eigenvalue weighted by atomic mass is 32.2. The molecule has 1 N–H and O–H groups in total. The molecule has 2 aromatic rings. The summed E-state index contributed by atoms with van der Waals surface area (Å²) in [4.78, 5) is 5.49. The van der Waals surface area contributed by atoms with Crippen LogP contribution in [0, 0.1) is 6.92 Å². The number of pyridine rings is 1. The first-order chi connectivity index (χ1) is 8.15. The zero-order valence-corrected chi connectivity index (χ0v) is 10.7. The van der Waals surface area contributed by atoms with Crippen molar-refractivity contribution in [3.8, 4) is 0 Å². The van der Waals surface area contributed by atoms with Gasteiger partial charge in [-0.2, -0.15) is 0 Å². The number of hydrogen-bond acceptors (Lipinski definition) is 3. The van der Waals surface area contributed by atoms with E-state index in [0.717, 1.165) is 10.6 Å². The maximum absolute atomic E-state index is 9.39. The van der Waals surface area contributed by atoms with Crippen LogP contribution in [0.15, 0.2) is 52.5 Å². The molecule has 0 saturated heterocycles. The molecule has 0 saturated carbocycles. The third kappa shape index (κ3) is 3.32. The van der Waals surface area contributed by atoms with Gasteiger partial charge in [-0.15, -0.1) is 0 Å². The van der Waals surface area contributed by atoms with Crippen molar-refractivity contribution >= 4 is 11.8 Å². The monoisotopic (exact) mass is 245 g/mol. The lowest BCUT2D eigenvalue weighted by atomic mass is 10.2. The van der Waals surface area contributed by atoms with Gasteiger partial charge in [-0.05, 0) is 37.6 Å². The van der Waals surface area contributed by atoms with Gasteiger partial charge < -0.3 is 5.11 Å². The van der Waals surface area contributed by atoms with Crippen molar-refractivity contribution in [3.05, 3.63) is 53.7 Å². The quantitative estimate of drug-likeness (QED) is 0.897. The van der Waals surface area contributed by atoms with E-state index in [9.17, 15) is 5.11 Å². The highest BCUT2D eigenvalue weighted by Gasteiger charge is 2.02. The van der Waals surface area contributed by atoms with Crippen LogP contribution in [-0.4, -0.2) is 10.1 Å². The highest BCUT2D eigenvalue weighted by Crippen LogP contribution is 2.26. The predicted molar refractivity (Wildman–Crippen MR) is 70.2 cm³/mol. The van der Waals surface area contributed by atoms with Crippen molar-refractivity contribution in [1.82, 2.24) is 4.98 Å². The van der Waals surface area contributed by atoms with Crippen molar-refractivity contribution in [3.63, 3.8) is 0 Å². The maximum Gasteiger partial charge on any atom is 0.101 e. The molecule has 2 nitrogen and oxygen atoms in total. The first-order valence-electron chi connectivity index (χ1n) is 5.54. The number of benzene rings is 1. The third-order valence-electron chi connectivity index (χ3n) is 2.49. The fourth-order valence-corrected chi connectivity index (χ4v) is 2.18. The molecule has 0 bridgehead atoms. The van der Waals surface area contributed by atoms with Gasteiger partial charge in [0.1, 0.15) is 5.03 Å². The Balaban J connectivity index is 2.11. The van der Waals surface area contributed by atoms with Gasteiger partial charge in [-0.3, -0.25) is 0 Å². The molecule has 0 fully saturated rings. The second-order valence-electron chi connectivity index (χ2n) is 4.02. The third-order valence-corrected chi connectivity index (χ3v) is 3.44. The summed E-state index contributed by atoms with van der Waals surface area (Å²) >= 11 is 1.62. The summed E-state index contributed by atoms with van der Waals surface area (Å²) in [5.74, 6) is 0. The average molecular weight is 245 g/mol. The van der Waals surface area contributed by atoms with E-state index < -0.39 is 6.10 Å². The summed E-state index contributed by atoms with van der Waals surface area (Å²) < 4.78 is 0. The molecular formula is C14H15NOS. The zero-order valence-electron chi connectivity index (χ0n) is 9.92. The van der Waals surface area contributed by atoms with Gasteiger partial charge >= 0.3 is 0 Å². The van der Waals surface area contributed by atoms with Crippen molar-refractivity contribution in [2.45, 2.75) is 29.9 Å². The molecule has 0 radical (unpaired) electrons. The number of rotatable bonds is 3. The minimum Gasteiger partial charge on any atom is -0.389 e. The second-order valence-corrected chi connectivity index (χ2v) is 5.11. The van der Waals surface area contributed by atoms with Crippen LogP contribution in [0.2, 0.25) is 0 Å². The smallest absolute Gasteiger partial charge is 0.101 e. The van der Waals surface area contributed by atoms with Gasteiger partial charge in [-0.25, -0.2) is 4.98 Å². The number of hydrogen-bond donors (Lipinski definition) is 1. The molecule has 3 heteroatoms. The number of aliphatic hydroxyl groups is 1. The molecule has 0 unspecified atom stereocenters. The second kappa shape index (κ2) is 5.34. The Labute approximate surface area is 106 Å². The van der Waals surface area contributed by atoms with E-state index in [1.54, 1.807) is 24.9 Å². The van der Waals surface area contributed by atoms with E-state index in [2.05, 4.69) is 36.2 Å². The predicted octanol–water partition coefficient (Wildman–Crippen LogP) is 3.59. The normalized spacial score (nSPS) is 12.4. The molecule has 0 aliphatic carbocycles. The van der Waals surface area contributed by atoms with Crippen LogP contribution in [0.4, 0.5) is 0 Å². The zero-order chi connectivity index (χ0) is 12.3. The lowest BCUT2D eigenvalue weighted by Gasteiger charge is -2.05. The Bertz CT molecular complexity index is 477. The summed E-state index contributed by atoms with van der Waals surface area (Å²) in [6, 6.07) is 12.2. The van der Waals surface area contributed by atoms with Crippen LogP contribution < -0.4 is 0 Å². The summed E-state index contributed by atoms with van der Waals surface area (Å²) in [6.45, 7) is 3.81. The largest absolute Gasteiger partial charge is 0.389 e. The Hall–Kier alpha value is -1.32. The molecule has 88 valence electrons. The lowest BCUT2D eigenvalue weighted by Crippen LogP contribution is -1.92. The highest BCUT2D eigenvalue weighted by molar-refractivity contribution is 7.99. The summed E-state index contributed by atoms with van der Waals surface area (Å²) in [6.07, 6.45) is 1.27. The Morgan fingerprint density at radius 1 is 1.12 bits per heavy atom. The molecule has 1 aromatic heterocycles. The van der Waals surface area contributed by atoms with E-state index >= 15 is 0 Å². The molecule has 0 aliphatic heterocycles. The Kier molecular flexibility index (Phi) is 3.82. The average Bonchev–Trinajstić information content (AvgIpc) is 2.33. The minimum atomic E-state index is -0.457. The lowest BCUT2D eigenvalue weighted by molar-refractivity contribution is 0.198. The number of aromatic nitrogens is 1. The SMILES string of the molecule is Cc1ccc(Sc2ccc([C@@H](C)O)cn2)cc1. The topological polar surface area (TPSA) is 33.1 Å². The van der Waals surface area contributed by atoms with Crippen molar-refractivity contribution in [2.24, 2.45) is 0 Å². The van der Waals surface area contributed by atoms with Crippen LogP contribution in [0.3, 0.4) is 0 Å². The van der Waals surface area contributed by atoms with Crippen LogP contribution in [0.5, 0.6) is 0 Å². The summed E-state index contributed by atoms with van der Waals surface area (Å²) in [5, 5.41) is 10.3. The molecule has 1 aromatic carbocycles. The first-order valence-corrected chi connectivity index (χ1v) is 6.35. The molecule has 0 spiro atoms. The summed E-state index contributed by atoms with van der Waals surface area (Å²) in [7, 11) is 0. The fourth-order valence-electron chi connectivity index (χ4n) is 1.43. The van der Waals surface area contributed by atoms with Gasteiger partial charge in [0.25, 0.3) is 0 Å². The van der Waals surface area contributed by atoms with Gasteiger partial charge in [0.2, 0.25) is 0 Å². The van der Waals surface area contributed by atoms with Gasteiger partial charge in [-0.1, -0.05) is 35.5 Å². The molecular weight excluding hydrogens is 230 g/mol. The molecule has 0 aliphatic rings. The number of aryl methyl sites for hydroxylation is 1. The van der Waals surface area contributed by atoms with Crippen LogP contribution in [0.1, 0.15) is 24.2 Å². The van der Waals surface area contributed by atoms with E-state index in [0.29, 0.717) is 0 Å². The van der Waals surface area contributed by atoms with Gasteiger partial charge in [0, 0.05) is 11.1 Å². The summed E-state index contributed by atoms with van der Waals surface area (Å²) in [5.41, 5.74) is 2.10. The minimum absolute atomic E-state index is 0.457. The molecule has 1 heterocycles. The first kappa shape index (κ1) is 12.1. The van der Waals surface area contributed by atoms with Crippen LogP contribution in [0.25, 0.3) is 0 Å². The van der Waals surface area contributed by atoms with E-state index in [4.69, 9.17) is 0 Å². The van der Waals surface area contributed by atoms with Crippen LogP contribution >= 0.6 is 11.8 Å². The van der Waals surface area contributed by atoms with Crippen molar-refractivity contribution in [1.29, 1.82) is 0 Å². The van der Waals surface area contributed by atoms with E-state index in [1.807, 2.05) is 12.1 Å².